The Bertz CT molecular complexity index is 515. The second-order valence-corrected chi connectivity index (χ2v) is 6.26. The Labute approximate surface area is 144 Å². The fourth-order valence-electron chi connectivity index (χ4n) is 2.77. The van der Waals surface area contributed by atoms with Gasteiger partial charge in [0.15, 0.2) is 0 Å². The number of aromatic nitrogens is 3. The van der Waals surface area contributed by atoms with Gasteiger partial charge in [-0.25, -0.2) is 0 Å². The lowest BCUT2D eigenvalue weighted by atomic mass is 10.1. The minimum absolute atomic E-state index is 0.0438. The SMILES string of the molecule is CNC(CCCCn1cc(CCCC(NC)C(C)=O)nn1)C(C)=O. The number of rotatable bonds is 13. The summed E-state index contributed by atoms with van der Waals surface area (Å²) in [6.07, 6.45) is 7.33. The summed E-state index contributed by atoms with van der Waals surface area (Å²) in [6, 6.07) is -0.112. The summed E-state index contributed by atoms with van der Waals surface area (Å²) in [5.74, 6) is 0.359. The molecule has 0 fully saturated rings. The second kappa shape index (κ2) is 11.0. The first-order valence-electron chi connectivity index (χ1n) is 8.72. The Morgan fingerprint density at radius 3 is 2.17 bits per heavy atom. The fourth-order valence-corrected chi connectivity index (χ4v) is 2.77. The Morgan fingerprint density at radius 1 is 1.04 bits per heavy atom. The van der Waals surface area contributed by atoms with Gasteiger partial charge in [0.05, 0.1) is 17.8 Å². The van der Waals surface area contributed by atoms with E-state index in [1.54, 1.807) is 13.8 Å². The molecule has 0 saturated carbocycles. The van der Waals surface area contributed by atoms with Crippen molar-refractivity contribution in [3.05, 3.63) is 11.9 Å². The first-order chi connectivity index (χ1) is 11.5. The molecular weight excluding hydrogens is 306 g/mol. The van der Waals surface area contributed by atoms with Crippen molar-refractivity contribution < 1.29 is 9.59 Å². The predicted molar refractivity (Wildman–Crippen MR) is 93.9 cm³/mol. The van der Waals surface area contributed by atoms with E-state index < -0.39 is 0 Å². The number of carbonyl (C=O) groups excluding carboxylic acids is 2. The third kappa shape index (κ3) is 7.31. The number of hydrogen-bond donors (Lipinski definition) is 2. The molecule has 0 spiro atoms. The van der Waals surface area contributed by atoms with Crippen LogP contribution in [0.3, 0.4) is 0 Å². The third-order valence-electron chi connectivity index (χ3n) is 4.32. The molecule has 2 unspecified atom stereocenters. The molecule has 1 aromatic rings. The monoisotopic (exact) mass is 337 g/mol. The van der Waals surface area contributed by atoms with Crippen LogP contribution in [-0.2, 0) is 22.6 Å². The van der Waals surface area contributed by atoms with Crippen LogP contribution in [0.25, 0.3) is 0 Å². The summed E-state index contributed by atoms with van der Waals surface area (Å²) in [7, 11) is 3.63. The summed E-state index contributed by atoms with van der Waals surface area (Å²) in [5, 5.41) is 14.4. The lowest BCUT2D eigenvalue weighted by Crippen LogP contribution is -2.32. The van der Waals surface area contributed by atoms with Gasteiger partial charge in [0, 0.05) is 12.7 Å². The normalized spacial score (nSPS) is 13.7. The maximum absolute atomic E-state index is 11.4. The molecule has 24 heavy (non-hydrogen) atoms. The molecule has 0 aliphatic carbocycles. The second-order valence-electron chi connectivity index (χ2n) is 6.26. The Hall–Kier alpha value is -1.60. The number of carbonyl (C=O) groups is 2. The van der Waals surface area contributed by atoms with E-state index in [0.29, 0.717) is 0 Å². The van der Waals surface area contributed by atoms with Crippen molar-refractivity contribution in [2.24, 2.45) is 0 Å². The van der Waals surface area contributed by atoms with Crippen LogP contribution in [0.5, 0.6) is 0 Å². The van der Waals surface area contributed by atoms with Gasteiger partial charge in [0.25, 0.3) is 0 Å². The molecule has 0 aliphatic heterocycles. The molecular formula is C17H31N5O2. The van der Waals surface area contributed by atoms with Crippen LogP contribution in [0.2, 0.25) is 0 Å². The van der Waals surface area contributed by atoms with Gasteiger partial charge in [-0.3, -0.25) is 14.3 Å². The largest absolute Gasteiger partial charge is 0.311 e. The molecule has 1 aromatic heterocycles. The van der Waals surface area contributed by atoms with Gasteiger partial charge in [-0.15, -0.1) is 5.10 Å². The van der Waals surface area contributed by atoms with Crippen LogP contribution in [0.4, 0.5) is 0 Å². The summed E-state index contributed by atoms with van der Waals surface area (Å²) in [4.78, 5) is 22.7. The van der Waals surface area contributed by atoms with E-state index in [9.17, 15) is 9.59 Å². The summed E-state index contributed by atoms with van der Waals surface area (Å²) >= 11 is 0. The highest BCUT2D eigenvalue weighted by molar-refractivity contribution is 5.81. The Kier molecular flexibility index (Phi) is 9.41. The van der Waals surface area contributed by atoms with E-state index in [2.05, 4.69) is 20.9 Å². The molecule has 2 N–H and O–H groups in total. The van der Waals surface area contributed by atoms with Gasteiger partial charge in [-0.2, -0.15) is 0 Å². The van der Waals surface area contributed by atoms with Crippen molar-refractivity contribution in [3.8, 4) is 0 Å². The lowest BCUT2D eigenvalue weighted by Gasteiger charge is -2.11. The van der Waals surface area contributed by atoms with Crippen LogP contribution in [0, 0.1) is 0 Å². The van der Waals surface area contributed by atoms with Crippen LogP contribution in [-0.4, -0.2) is 52.7 Å². The van der Waals surface area contributed by atoms with E-state index in [1.165, 1.54) is 0 Å². The zero-order valence-electron chi connectivity index (χ0n) is 15.3. The quantitative estimate of drug-likeness (QED) is 0.525. The van der Waals surface area contributed by atoms with Gasteiger partial charge in [0.2, 0.25) is 0 Å². The van der Waals surface area contributed by atoms with E-state index in [0.717, 1.165) is 50.8 Å². The average Bonchev–Trinajstić information content (AvgIpc) is 2.98. The number of Topliss-reactive ketones (excluding diaryl/α,β-unsaturated/α-hetero) is 2. The number of nitrogens with one attached hydrogen (secondary N) is 2. The first-order valence-corrected chi connectivity index (χ1v) is 8.72. The van der Waals surface area contributed by atoms with Crippen molar-refractivity contribution in [2.45, 2.75) is 71.0 Å². The molecule has 7 heteroatoms. The van der Waals surface area contributed by atoms with Crippen molar-refractivity contribution in [3.63, 3.8) is 0 Å². The minimum Gasteiger partial charge on any atom is -0.311 e. The zero-order valence-corrected chi connectivity index (χ0v) is 15.3. The topological polar surface area (TPSA) is 88.9 Å². The highest BCUT2D eigenvalue weighted by atomic mass is 16.1. The zero-order chi connectivity index (χ0) is 17.9. The number of hydrogen-bond acceptors (Lipinski definition) is 6. The Morgan fingerprint density at radius 2 is 1.62 bits per heavy atom. The maximum atomic E-state index is 11.4. The fraction of sp³-hybridized carbons (Fsp3) is 0.765. The summed E-state index contributed by atoms with van der Waals surface area (Å²) in [6.45, 7) is 4.05. The molecule has 0 bridgehead atoms. The highest BCUT2D eigenvalue weighted by Gasteiger charge is 2.12. The average molecular weight is 337 g/mol. The van der Waals surface area contributed by atoms with Crippen LogP contribution in [0.1, 0.15) is 51.6 Å². The summed E-state index contributed by atoms with van der Waals surface area (Å²) in [5.41, 5.74) is 0.963. The van der Waals surface area contributed by atoms with Gasteiger partial charge in [-0.1, -0.05) is 5.21 Å². The highest BCUT2D eigenvalue weighted by Crippen LogP contribution is 2.07. The van der Waals surface area contributed by atoms with Gasteiger partial charge in [0.1, 0.15) is 11.6 Å². The number of aryl methyl sites for hydroxylation is 2. The first kappa shape index (κ1) is 20.4. The molecule has 0 saturated heterocycles. The molecule has 1 heterocycles. The number of ketones is 2. The number of likely N-dealkylation sites (N-methyl/N-ethyl adjacent to an activating group) is 2. The van der Waals surface area contributed by atoms with Crippen molar-refractivity contribution >= 4 is 11.6 Å². The molecule has 0 aromatic carbocycles. The van der Waals surface area contributed by atoms with Crippen molar-refractivity contribution in [2.75, 3.05) is 14.1 Å². The smallest absolute Gasteiger partial charge is 0.146 e. The van der Waals surface area contributed by atoms with Crippen LogP contribution >= 0.6 is 0 Å². The third-order valence-corrected chi connectivity index (χ3v) is 4.32. The number of unbranched alkanes of at least 4 members (excludes halogenated alkanes) is 1. The standard InChI is InChI=1S/C17H31N5O2/c1-13(23)16(18-3)9-5-6-11-22-12-15(20-21-22)8-7-10-17(19-4)14(2)24/h12,16-19H,5-11H2,1-4H3. The van der Waals surface area contributed by atoms with Crippen molar-refractivity contribution in [1.82, 2.24) is 25.6 Å². The van der Waals surface area contributed by atoms with Gasteiger partial charge < -0.3 is 10.6 Å². The molecule has 7 nitrogen and oxygen atoms in total. The molecule has 0 amide bonds. The minimum atomic E-state index is -0.0681. The van der Waals surface area contributed by atoms with Crippen LogP contribution < -0.4 is 10.6 Å². The number of nitrogens with zero attached hydrogens (tertiary/aromatic N) is 3. The molecule has 1 rings (SSSR count). The van der Waals surface area contributed by atoms with Crippen molar-refractivity contribution in [1.29, 1.82) is 0 Å². The van der Waals surface area contributed by atoms with E-state index in [-0.39, 0.29) is 23.7 Å². The maximum Gasteiger partial charge on any atom is 0.146 e. The van der Waals surface area contributed by atoms with E-state index in [4.69, 9.17) is 0 Å². The Balaban J connectivity index is 2.26. The molecule has 0 radical (unpaired) electrons. The lowest BCUT2D eigenvalue weighted by molar-refractivity contribution is -0.119. The van der Waals surface area contributed by atoms with Gasteiger partial charge in [-0.05, 0) is 66.5 Å². The molecule has 136 valence electrons. The summed E-state index contributed by atoms with van der Waals surface area (Å²) < 4.78 is 1.86. The molecule has 2 atom stereocenters. The van der Waals surface area contributed by atoms with Crippen LogP contribution in [0.15, 0.2) is 6.20 Å². The predicted octanol–water partition coefficient (Wildman–Crippen LogP) is 1.13. The molecule has 0 aliphatic rings. The van der Waals surface area contributed by atoms with Gasteiger partial charge >= 0.3 is 0 Å². The van der Waals surface area contributed by atoms with E-state index in [1.807, 2.05) is 25.0 Å². The van der Waals surface area contributed by atoms with E-state index >= 15 is 0 Å².